The van der Waals surface area contributed by atoms with Crippen LogP contribution in [0.25, 0.3) is 16.0 Å². The van der Waals surface area contributed by atoms with Crippen molar-refractivity contribution in [1.82, 2.24) is 9.55 Å². The zero-order chi connectivity index (χ0) is 18.8. The number of ether oxygens (including phenoxy) is 2. The third-order valence-corrected chi connectivity index (χ3v) is 4.62. The Morgan fingerprint density at radius 2 is 1.88 bits per heavy atom. The zero-order valence-corrected chi connectivity index (χ0v) is 15.1. The third kappa shape index (κ3) is 3.98. The number of rotatable bonds is 6. The Hall–Kier alpha value is -2.14. The van der Waals surface area contributed by atoms with Crippen LogP contribution in [0, 0.1) is 0 Å². The molecular formula is C15H9BrF4N2O3S. The monoisotopic (exact) mass is 452 g/mol. The summed E-state index contributed by atoms with van der Waals surface area (Å²) in [6, 6.07) is 6.88. The van der Waals surface area contributed by atoms with Crippen molar-refractivity contribution in [2.45, 2.75) is 13.0 Å². The van der Waals surface area contributed by atoms with Crippen LogP contribution in [0.15, 0.2) is 39.6 Å². The predicted molar refractivity (Wildman–Crippen MR) is 91.0 cm³/mol. The molecule has 0 radical (unpaired) electrons. The minimum Gasteiger partial charge on any atom is -0.464 e. The van der Waals surface area contributed by atoms with E-state index in [-0.39, 0.29) is 21.1 Å². The number of halogens is 5. The molecular weight excluding hydrogens is 444 g/mol. The quantitative estimate of drug-likeness (QED) is 0.518. The second kappa shape index (κ2) is 7.62. The Labute approximate surface area is 155 Å². The highest BCUT2D eigenvalue weighted by atomic mass is 79.9. The standard InChI is InChI=1S/C15H9BrF4N2O3S/c16-9-5-10-12(21-15(26-10)24-6-11(17)18)22(13(9)23)7-1-3-8(4-2-7)25-14(19)20/h1-5,11,14H,6H2. The average molecular weight is 453 g/mol. The van der Waals surface area contributed by atoms with E-state index >= 15 is 0 Å². The fourth-order valence-corrected chi connectivity index (χ4v) is 3.56. The normalized spacial score (nSPS) is 11.5. The lowest BCUT2D eigenvalue weighted by atomic mass is 10.3. The van der Waals surface area contributed by atoms with Crippen molar-refractivity contribution < 1.29 is 27.0 Å². The van der Waals surface area contributed by atoms with Gasteiger partial charge in [0.2, 0.25) is 0 Å². The first-order valence-corrected chi connectivity index (χ1v) is 8.64. The minimum absolute atomic E-state index is 0.01000. The Balaban J connectivity index is 2.06. The molecule has 0 atom stereocenters. The summed E-state index contributed by atoms with van der Waals surface area (Å²) in [6.07, 6.45) is -2.65. The largest absolute Gasteiger partial charge is 0.464 e. The summed E-state index contributed by atoms with van der Waals surface area (Å²) < 4.78 is 60.2. The number of nitrogens with zero attached hydrogens (tertiary/aromatic N) is 2. The Kier molecular flexibility index (Phi) is 5.47. The molecule has 0 saturated carbocycles. The van der Waals surface area contributed by atoms with Gasteiger partial charge < -0.3 is 9.47 Å². The van der Waals surface area contributed by atoms with Gasteiger partial charge in [-0.15, -0.1) is 0 Å². The van der Waals surface area contributed by atoms with E-state index in [9.17, 15) is 22.4 Å². The number of fused-ring (bicyclic) bond motifs is 1. The van der Waals surface area contributed by atoms with Gasteiger partial charge in [0.1, 0.15) is 5.75 Å². The van der Waals surface area contributed by atoms with Crippen molar-refractivity contribution in [3.63, 3.8) is 0 Å². The second-order valence-corrected chi connectivity index (χ2v) is 6.72. The van der Waals surface area contributed by atoms with E-state index in [0.717, 1.165) is 11.3 Å². The van der Waals surface area contributed by atoms with Crippen LogP contribution in [-0.2, 0) is 0 Å². The first-order chi connectivity index (χ1) is 12.3. The molecule has 0 saturated heterocycles. The summed E-state index contributed by atoms with van der Waals surface area (Å²) in [6.45, 7) is -3.78. The highest BCUT2D eigenvalue weighted by Gasteiger charge is 2.16. The topological polar surface area (TPSA) is 53.3 Å². The predicted octanol–water partition coefficient (Wildman–Crippen LogP) is 4.46. The Morgan fingerprint density at radius 1 is 1.19 bits per heavy atom. The van der Waals surface area contributed by atoms with Crippen LogP contribution in [0.1, 0.15) is 0 Å². The Morgan fingerprint density at radius 3 is 2.50 bits per heavy atom. The van der Waals surface area contributed by atoms with Crippen molar-refractivity contribution in [3.8, 4) is 16.6 Å². The van der Waals surface area contributed by atoms with Crippen molar-refractivity contribution in [3.05, 3.63) is 45.2 Å². The molecule has 0 spiro atoms. The molecule has 3 rings (SSSR count). The van der Waals surface area contributed by atoms with Crippen LogP contribution in [0.5, 0.6) is 10.9 Å². The number of hydrogen-bond donors (Lipinski definition) is 0. The Bertz CT molecular complexity index is 975. The van der Waals surface area contributed by atoms with Crippen molar-refractivity contribution in [2.24, 2.45) is 0 Å². The highest BCUT2D eigenvalue weighted by molar-refractivity contribution is 9.10. The van der Waals surface area contributed by atoms with Crippen LogP contribution < -0.4 is 15.0 Å². The summed E-state index contributed by atoms with van der Waals surface area (Å²) >= 11 is 4.15. The maximum atomic E-state index is 12.5. The summed E-state index contributed by atoms with van der Waals surface area (Å²) in [4.78, 5) is 16.6. The first-order valence-electron chi connectivity index (χ1n) is 7.03. The highest BCUT2D eigenvalue weighted by Crippen LogP contribution is 2.30. The smallest absolute Gasteiger partial charge is 0.387 e. The van der Waals surface area contributed by atoms with Gasteiger partial charge in [0.15, 0.2) is 12.3 Å². The molecule has 26 heavy (non-hydrogen) atoms. The molecule has 0 unspecified atom stereocenters. The van der Waals surface area contributed by atoms with Crippen molar-refractivity contribution >= 4 is 37.6 Å². The van der Waals surface area contributed by atoms with E-state index in [1.165, 1.54) is 34.9 Å². The van der Waals surface area contributed by atoms with Crippen LogP contribution >= 0.6 is 27.3 Å². The maximum Gasteiger partial charge on any atom is 0.387 e. The molecule has 0 fully saturated rings. The van der Waals surface area contributed by atoms with E-state index < -0.39 is 25.2 Å². The van der Waals surface area contributed by atoms with Gasteiger partial charge >= 0.3 is 6.61 Å². The first kappa shape index (κ1) is 18.6. The molecule has 0 bridgehead atoms. The summed E-state index contributed by atoms with van der Waals surface area (Å²) in [5.74, 6) is -0.0673. The molecule has 138 valence electrons. The molecule has 2 heterocycles. The zero-order valence-electron chi connectivity index (χ0n) is 12.7. The summed E-state index contributed by atoms with van der Waals surface area (Å²) in [7, 11) is 0. The molecule has 0 N–H and O–H groups in total. The summed E-state index contributed by atoms with van der Waals surface area (Å²) in [5, 5.41) is -0.01000. The van der Waals surface area contributed by atoms with E-state index in [4.69, 9.17) is 4.74 Å². The molecule has 2 aromatic heterocycles. The number of aromatic nitrogens is 2. The van der Waals surface area contributed by atoms with Crippen molar-refractivity contribution in [1.29, 1.82) is 0 Å². The number of pyridine rings is 1. The van der Waals surface area contributed by atoms with Gasteiger partial charge in [0, 0.05) is 0 Å². The maximum absolute atomic E-state index is 12.5. The fraction of sp³-hybridized carbons (Fsp3) is 0.200. The lowest BCUT2D eigenvalue weighted by Crippen LogP contribution is -2.19. The molecule has 0 aliphatic carbocycles. The van der Waals surface area contributed by atoms with Crippen molar-refractivity contribution in [2.75, 3.05) is 6.61 Å². The number of benzene rings is 1. The second-order valence-electron chi connectivity index (χ2n) is 4.87. The molecule has 0 aliphatic rings. The van der Waals surface area contributed by atoms with E-state index in [1.54, 1.807) is 0 Å². The lowest BCUT2D eigenvalue weighted by Gasteiger charge is -2.09. The fourth-order valence-electron chi connectivity index (χ4n) is 2.15. The van der Waals surface area contributed by atoms with Crippen LogP contribution in [-0.4, -0.2) is 29.2 Å². The van der Waals surface area contributed by atoms with E-state index in [0.29, 0.717) is 10.4 Å². The molecule has 1 aromatic carbocycles. The van der Waals surface area contributed by atoms with Crippen LogP contribution in [0.3, 0.4) is 0 Å². The van der Waals surface area contributed by atoms with Gasteiger partial charge in [-0.25, -0.2) is 8.78 Å². The number of alkyl halides is 4. The SMILES string of the molecule is O=c1c(Br)cc2sc(OCC(F)F)nc2n1-c1ccc(OC(F)F)cc1. The van der Waals surface area contributed by atoms with Gasteiger partial charge in [-0.05, 0) is 46.3 Å². The van der Waals surface area contributed by atoms with Gasteiger partial charge in [-0.3, -0.25) is 9.36 Å². The lowest BCUT2D eigenvalue weighted by molar-refractivity contribution is -0.0498. The number of thiazole rings is 1. The average Bonchev–Trinajstić information content (AvgIpc) is 2.97. The molecule has 11 heteroatoms. The summed E-state index contributed by atoms with van der Waals surface area (Å²) in [5.41, 5.74) is 0.0920. The minimum atomic E-state index is -2.96. The van der Waals surface area contributed by atoms with Gasteiger partial charge in [-0.1, -0.05) is 11.3 Å². The third-order valence-electron chi connectivity index (χ3n) is 3.14. The van der Waals surface area contributed by atoms with E-state index in [2.05, 4.69) is 25.7 Å². The number of hydrogen-bond acceptors (Lipinski definition) is 5. The van der Waals surface area contributed by atoms with Gasteiger partial charge in [0.05, 0.1) is 14.9 Å². The van der Waals surface area contributed by atoms with Gasteiger partial charge in [0.25, 0.3) is 17.2 Å². The molecule has 5 nitrogen and oxygen atoms in total. The van der Waals surface area contributed by atoms with Crippen LogP contribution in [0.4, 0.5) is 17.6 Å². The van der Waals surface area contributed by atoms with Gasteiger partial charge in [-0.2, -0.15) is 13.8 Å². The van der Waals surface area contributed by atoms with Crippen LogP contribution in [0.2, 0.25) is 0 Å². The van der Waals surface area contributed by atoms with E-state index in [1.807, 2.05) is 0 Å². The molecule has 0 amide bonds. The molecule has 3 aromatic rings. The molecule has 0 aliphatic heterocycles.